The molecule has 0 radical (unpaired) electrons. The number of fused-ring (bicyclic) bond motifs is 1. The molecule has 3 heterocycles. The van der Waals surface area contributed by atoms with E-state index < -0.39 is 0 Å². The Hall–Kier alpha value is -2.02. The molecule has 134 valence electrons. The molecule has 1 saturated heterocycles. The maximum absolute atomic E-state index is 12.6. The molecule has 0 bridgehead atoms. The molecule has 1 aliphatic heterocycles. The third kappa shape index (κ3) is 4.03. The van der Waals surface area contributed by atoms with Gasteiger partial charge in [-0.05, 0) is 43.7 Å². The molecule has 1 N–H and O–H groups in total. The Balaban J connectivity index is 1.38. The fourth-order valence-corrected chi connectivity index (χ4v) is 4.39. The third-order valence-electron chi connectivity index (χ3n) is 4.55. The van der Waals surface area contributed by atoms with E-state index in [1.807, 2.05) is 18.2 Å². The standard InChI is InChI=1S/C19H19ClN4OS/c20-14-7-8-17(21-10-14)23-19(25)13-4-3-9-24(11-13)12-18-22-15-5-1-2-6-16(15)26-18/h1-2,5-8,10,13H,3-4,9,11-12H2,(H,21,23,25)/t13-/m0/s1. The number of rotatable bonds is 4. The Morgan fingerprint density at radius 2 is 2.19 bits per heavy atom. The molecule has 2 aromatic heterocycles. The number of halogens is 1. The van der Waals surface area contributed by atoms with Crippen molar-refractivity contribution in [3.05, 3.63) is 52.6 Å². The van der Waals surface area contributed by atoms with Crippen LogP contribution in [0.1, 0.15) is 17.8 Å². The number of carbonyl (C=O) groups is 1. The van der Waals surface area contributed by atoms with E-state index in [4.69, 9.17) is 16.6 Å². The zero-order valence-electron chi connectivity index (χ0n) is 14.2. The van der Waals surface area contributed by atoms with Gasteiger partial charge in [-0.15, -0.1) is 11.3 Å². The van der Waals surface area contributed by atoms with Crippen molar-refractivity contribution in [2.45, 2.75) is 19.4 Å². The minimum atomic E-state index is -0.0318. The van der Waals surface area contributed by atoms with Crippen LogP contribution < -0.4 is 5.32 Å². The number of nitrogens with zero attached hydrogens (tertiary/aromatic N) is 3. The van der Waals surface area contributed by atoms with Crippen molar-refractivity contribution >= 4 is 44.9 Å². The quantitative estimate of drug-likeness (QED) is 0.730. The van der Waals surface area contributed by atoms with Gasteiger partial charge in [0.25, 0.3) is 0 Å². The number of para-hydroxylation sites is 1. The topological polar surface area (TPSA) is 58.1 Å². The number of amides is 1. The summed E-state index contributed by atoms with van der Waals surface area (Å²) >= 11 is 7.56. The average Bonchev–Trinajstić information content (AvgIpc) is 3.06. The lowest BCUT2D eigenvalue weighted by Crippen LogP contribution is -2.40. The molecule has 0 saturated carbocycles. The van der Waals surface area contributed by atoms with Crippen molar-refractivity contribution in [2.24, 2.45) is 5.92 Å². The third-order valence-corrected chi connectivity index (χ3v) is 5.80. The second-order valence-electron chi connectivity index (χ2n) is 6.50. The van der Waals surface area contributed by atoms with E-state index in [0.29, 0.717) is 10.8 Å². The van der Waals surface area contributed by atoms with Crippen molar-refractivity contribution in [3.8, 4) is 0 Å². The van der Waals surface area contributed by atoms with E-state index in [9.17, 15) is 4.79 Å². The lowest BCUT2D eigenvalue weighted by atomic mass is 9.97. The molecule has 0 spiro atoms. The Labute approximate surface area is 161 Å². The number of hydrogen-bond donors (Lipinski definition) is 1. The van der Waals surface area contributed by atoms with Crippen molar-refractivity contribution < 1.29 is 4.79 Å². The predicted molar refractivity (Wildman–Crippen MR) is 105 cm³/mol. The molecule has 4 rings (SSSR count). The van der Waals surface area contributed by atoms with Crippen molar-refractivity contribution in [1.82, 2.24) is 14.9 Å². The molecule has 1 aromatic carbocycles. The lowest BCUT2D eigenvalue weighted by molar-refractivity contribution is -0.121. The van der Waals surface area contributed by atoms with E-state index in [-0.39, 0.29) is 11.8 Å². The van der Waals surface area contributed by atoms with Gasteiger partial charge in [-0.1, -0.05) is 23.7 Å². The first-order chi connectivity index (χ1) is 12.7. The minimum absolute atomic E-state index is 0.0221. The highest BCUT2D eigenvalue weighted by Crippen LogP contribution is 2.25. The molecule has 1 fully saturated rings. The maximum atomic E-state index is 12.6. The fourth-order valence-electron chi connectivity index (χ4n) is 3.27. The summed E-state index contributed by atoms with van der Waals surface area (Å²) in [5.74, 6) is 0.534. The molecular weight excluding hydrogens is 368 g/mol. The van der Waals surface area contributed by atoms with Crippen molar-refractivity contribution in [3.63, 3.8) is 0 Å². The molecule has 1 aliphatic rings. The molecule has 1 atom stereocenters. The number of anilines is 1. The Kier molecular flexibility index (Phi) is 5.15. The highest BCUT2D eigenvalue weighted by atomic mass is 35.5. The van der Waals surface area contributed by atoms with Gasteiger partial charge < -0.3 is 5.32 Å². The molecule has 5 nitrogen and oxygen atoms in total. The summed E-state index contributed by atoms with van der Waals surface area (Å²) in [6.07, 6.45) is 3.45. The summed E-state index contributed by atoms with van der Waals surface area (Å²) in [5.41, 5.74) is 1.05. The van der Waals surface area contributed by atoms with Crippen LogP contribution in [0.15, 0.2) is 42.6 Å². The van der Waals surface area contributed by atoms with Crippen LogP contribution in [0.4, 0.5) is 5.82 Å². The smallest absolute Gasteiger partial charge is 0.229 e. The van der Waals surface area contributed by atoms with Crippen LogP contribution in [0.25, 0.3) is 10.2 Å². The molecule has 1 amide bonds. The van der Waals surface area contributed by atoms with E-state index >= 15 is 0 Å². The van der Waals surface area contributed by atoms with Crippen molar-refractivity contribution in [1.29, 1.82) is 0 Å². The predicted octanol–water partition coefficient (Wildman–Crippen LogP) is 4.20. The molecule has 7 heteroatoms. The largest absolute Gasteiger partial charge is 0.310 e. The van der Waals surface area contributed by atoms with Gasteiger partial charge in [-0.2, -0.15) is 0 Å². The average molecular weight is 387 g/mol. The molecule has 3 aromatic rings. The number of carbonyl (C=O) groups excluding carboxylic acids is 1. The second-order valence-corrected chi connectivity index (χ2v) is 8.05. The number of benzene rings is 1. The Morgan fingerprint density at radius 3 is 3.00 bits per heavy atom. The minimum Gasteiger partial charge on any atom is -0.310 e. The lowest BCUT2D eigenvalue weighted by Gasteiger charge is -2.31. The number of pyridine rings is 1. The van der Waals surface area contributed by atoms with Crippen LogP contribution in [0.2, 0.25) is 5.02 Å². The van der Waals surface area contributed by atoms with E-state index in [1.54, 1.807) is 23.5 Å². The number of hydrogen-bond acceptors (Lipinski definition) is 5. The monoisotopic (exact) mass is 386 g/mol. The highest BCUT2D eigenvalue weighted by molar-refractivity contribution is 7.18. The van der Waals surface area contributed by atoms with E-state index in [2.05, 4.69) is 21.3 Å². The van der Waals surface area contributed by atoms with Gasteiger partial charge in [0.05, 0.1) is 27.7 Å². The normalized spacial score (nSPS) is 18.1. The van der Waals surface area contributed by atoms with Gasteiger partial charge in [0, 0.05) is 12.7 Å². The van der Waals surface area contributed by atoms with E-state index in [0.717, 1.165) is 43.0 Å². The second kappa shape index (κ2) is 7.70. The summed E-state index contributed by atoms with van der Waals surface area (Å²) in [6.45, 7) is 2.54. The van der Waals surface area contributed by atoms with Crippen LogP contribution in [-0.4, -0.2) is 33.9 Å². The van der Waals surface area contributed by atoms with E-state index in [1.165, 1.54) is 10.9 Å². The van der Waals surface area contributed by atoms with Crippen molar-refractivity contribution in [2.75, 3.05) is 18.4 Å². The van der Waals surface area contributed by atoms with Crippen LogP contribution in [0.3, 0.4) is 0 Å². The summed E-state index contributed by atoms with van der Waals surface area (Å²) in [7, 11) is 0. The van der Waals surface area contributed by atoms with Gasteiger partial charge in [0.2, 0.25) is 5.91 Å². The van der Waals surface area contributed by atoms with Gasteiger partial charge in [0.1, 0.15) is 10.8 Å². The SMILES string of the molecule is O=C(Nc1ccc(Cl)cn1)[C@H]1CCCN(Cc2nc3ccccc3s2)C1. The van der Waals surface area contributed by atoms with Crippen LogP contribution in [0, 0.1) is 5.92 Å². The van der Waals surface area contributed by atoms with Gasteiger partial charge in [0.15, 0.2) is 0 Å². The van der Waals surface area contributed by atoms with Crippen LogP contribution >= 0.6 is 22.9 Å². The summed E-state index contributed by atoms with van der Waals surface area (Å²) in [6, 6.07) is 11.6. The number of aromatic nitrogens is 2. The zero-order chi connectivity index (χ0) is 17.9. The zero-order valence-corrected chi connectivity index (χ0v) is 15.8. The Morgan fingerprint density at radius 1 is 1.31 bits per heavy atom. The van der Waals surface area contributed by atoms with Crippen LogP contribution in [-0.2, 0) is 11.3 Å². The molecule has 0 unspecified atom stereocenters. The number of nitrogens with one attached hydrogen (secondary N) is 1. The van der Waals surface area contributed by atoms with Gasteiger partial charge in [-0.25, -0.2) is 9.97 Å². The summed E-state index contributed by atoms with van der Waals surface area (Å²) < 4.78 is 1.21. The number of likely N-dealkylation sites (tertiary alicyclic amines) is 1. The number of piperidine rings is 1. The fraction of sp³-hybridized carbons (Fsp3) is 0.316. The molecule has 0 aliphatic carbocycles. The first-order valence-corrected chi connectivity index (χ1v) is 9.86. The van der Waals surface area contributed by atoms with Crippen LogP contribution in [0.5, 0.6) is 0 Å². The maximum Gasteiger partial charge on any atom is 0.229 e. The Bertz CT molecular complexity index is 878. The highest BCUT2D eigenvalue weighted by Gasteiger charge is 2.26. The van der Waals surface area contributed by atoms with Gasteiger partial charge >= 0.3 is 0 Å². The number of thiazole rings is 1. The molecular formula is C19H19ClN4OS. The first-order valence-electron chi connectivity index (χ1n) is 8.66. The van der Waals surface area contributed by atoms with Gasteiger partial charge in [-0.3, -0.25) is 9.69 Å². The molecule has 26 heavy (non-hydrogen) atoms. The first kappa shape index (κ1) is 17.4. The summed E-state index contributed by atoms with van der Waals surface area (Å²) in [5, 5.41) is 4.56. The summed E-state index contributed by atoms with van der Waals surface area (Å²) in [4.78, 5) is 23.7.